The lowest BCUT2D eigenvalue weighted by Gasteiger charge is -2.10. The van der Waals surface area contributed by atoms with Crippen molar-refractivity contribution >= 4 is 17.3 Å². The third-order valence-electron chi connectivity index (χ3n) is 3.08. The fourth-order valence-electron chi connectivity index (χ4n) is 1.95. The summed E-state index contributed by atoms with van der Waals surface area (Å²) >= 11 is 0. The molecule has 3 N–H and O–H groups in total. The van der Waals surface area contributed by atoms with Gasteiger partial charge in [-0.3, -0.25) is 4.98 Å². The Balaban J connectivity index is 2.00. The predicted molar refractivity (Wildman–Crippen MR) is 80.5 cm³/mol. The lowest BCUT2D eigenvalue weighted by atomic mass is 10.2. The lowest BCUT2D eigenvalue weighted by Crippen LogP contribution is -2.06. The van der Waals surface area contributed by atoms with Crippen molar-refractivity contribution in [3.05, 3.63) is 47.8 Å². The number of pyridine rings is 2. The number of nitrogens with one attached hydrogen (secondary N) is 1. The van der Waals surface area contributed by atoms with Gasteiger partial charge in [0.1, 0.15) is 11.8 Å². The fraction of sp³-hybridized carbons (Fsp3) is 0.0714. The highest BCUT2D eigenvalue weighted by molar-refractivity contribution is 5.65. The van der Waals surface area contributed by atoms with Crippen LogP contribution < -0.4 is 11.1 Å². The van der Waals surface area contributed by atoms with Crippen molar-refractivity contribution < 1.29 is 4.39 Å². The van der Waals surface area contributed by atoms with Gasteiger partial charge in [0.05, 0.1) is 35.5 Å². The number of aromatic nitrogens is 5. The van der Waals surface area contributed by atoms with Crippen LogP contribution in [0.4, 0.5) is 21.7 Å². The highest BCUT2D eigenvalue weighted by atomic mass is 19.1. The van der Waals surface area contributed by atoms with Crippen LogP contribution in [0.25, 0.3) is 5.69 Å². The summed E-state index contributed by atoms with van der Waals surface area (Å²) in [5, 5.41) is 20.1. The molecule has 0 aliphatic heterocycles. The van der Waals surface area contributed by atoms with Crippen molar-refractivity contribution in [3.8, 4) is 11.8 Å². The molecule has 0 saturated carbocycles. The highest BCUT2D eigenvalue weighted by Gasteiger charge is 2.12. The second kappa shape index (κ2) is 5.69. The molecule has 3 rings (SSSR count). The number of nitrogens with zero attached hydrogens (tertiary/aromatic N) is 6. The molecule has 3 heterocycles. The van der Waals surface area contributed by atoms with Crippen LogP contribution >= 0.6 is 0 Å². The molecule has 0 unspecified atom stereocenters. The van der Waals surface area contributed by atoms with E-state index in [-0.39, 0.29) is 17.2 Å². The monoisotopic (exact) mass is 310 g/mol. The second-order valence-corrected chi connectivity index (χ2v) is 4.64. The molecule has 0 spiro atoms. The van der Waals surface area contributed by atoms with Gasteiger partial charge in [0.25, 0.3) is 0 Å². The Morgan fingerprint density at radius 3 is 2.74 bits per heavy atom. The minimum Gasteiger partial charge on any atom is -0.381 e. The Morgan fingerprint density at radius 1 is 1.30 bits per heavy atom. The molecule has 0 saturated heterocycles. The molecule has 23 heavy (non-hydrogen) atoms. The Labute approximate surface area is 130 Å². The summed E-state index contributed by atoms with van der Waals surface area (Å²) in [7, 11) is 0. The quantitative estimate of drug-likeness (QED) is 0.755. The standard InChI is InChI=1S/C14H11FN8/c1-8-12(23-19-2-3-20-23)5-10(7-18-8)21-14-9(6-16)4-11(15)13(17)22-14/h2-5,7H,1H3,(H3,17,21,22). The van der Waals surface area contributed by atoms with Crippen molar-refractivity contribution in [2.24, 2.45) is 0 Å². The SMILES string of the molecule is Cc1ncc(Nc2nc(N)c(F)cc2C#N)cc1-n1nccn1. The van der Waals surface area contributed by atoms with Gasteiger partial charge in [-0.15, -0.1) is 4.80 Å². The number of anilines is 3. The van der Waals surface area contributed by atoms with Gasteiger partial charge in [-0.05, 0) is 19.1 Å². The minimum atomic E-state index is -0.740. The van der Waals surface area contributed by atoms with Gasteiger partial charge in [-0.25, -0.2) is 9.37 Å². The molecular formula is C14H11FN8. The number of nitriles is 1. The van der Waals surface area contributed by atoms with E-state index in [0.717, 1.165) is 11.8 Å². The first kappa shape index (κ1) is 14.4. The molecule has 0 fully saturated rings. The number of hydrogen-bond donors (Lipinski definition) is 2. The van der Waals surface area contributed by atoms with E-state index in [1.165, 1.54) is 4.80 Å². The maximum atomic E-state index is 13.4. The third kappa shape index (κ3) is 2.77. The van der Waals surface area contributed by atoms with Crippen molar-refractivity contribution in [1.29, 1.82) is 5.26 Å². The zero-order valence-electron chi connectivity index (χ0n) is 12.0. The zero-order chi connectivity index (χ0) is 16.4. The first-order valence-corrected chi connectivity index (χ1v) is 6.55. The number of hydrogen-bond acceptors (Lipinski definition) is 7. The predicted octanol–water partition coefficient (Wildman–Crippen LogP) is 1.70. The molecule has 0 radical (unpaired) electrons. The smallest absolute Gasteiger partial charge is 0.166 e. The molecular weight excluding hydrogens is 299 g/mol. The molecule has 3 aromatic rings. The minimum absolute atomic E-state index is 0.0380. The summed E-state index contributed by atoms with van der Waals surface area (Å²) in [6.45, 7) is 1.82. The van der Waals surface area contributed by atoms with Crippen LogP contribution in [0.15, 0.2) is 30.7 Å². The molecule has 0 bridgehead atoms. The number of aryl methyl sites for hydroxylation is 1. The average molecular weight is 310 g/mol. The summed E-state index contributed by atoms with van der Waals surface area (Å²) in [6, 6.07) is 4.64. The average Bonchev–Trinajstić information content (AvgIpc) is 3.06. The van der Waals surface area contributed by atoms with E-state index in [1.54, 1.807) is 24.7 Å². The molecule has 8 nitrogen and oxygen atoms in total. The van der Waals surface area contributed by atoms with Crippen molar-refractivity contribution in [2.45, 2.75) is 6.92 Å². The van der Waals surface area contributed by atoms with Gasteiger partial charge in [0.2, 0.25) is 0 Å². The number of nitrogen functional groups attached to an aromatic ring is 1. The normalized spacial score (nSPS) is 10.3. The third-order valence-corrected chi connectivity index (χ3v) is 3.08. The Morgan fingerprint density at radius 2 is 2.04 bits per heavy atom. The van der Waals surface area contributed by atoms with E-state index >= 15 is 0 Å². The van der Waals surface area contributed by atoms with Crippen LogP contribution in [0.1, 0.15) is 11.3 Å². The molecule has 0 aliphatic rings. The molecule has 3 aromatic heterocycles. The summed E-state index contributed by atoms with van der Waals surface area (Å²) in [4.78, 5) is 9.53. The largest absolute Gasteiger partial charge is 0.381 e. The van der Waals surface area contributed by atoms with Crippen LogP contribution in [-0.2, 0) is 0 Å². The number of rotatable bonds is 3. The first-order valence-electron chi connectivity index (χ1n) is 6.55. The van der Waals surface area contributed by atoms with E-state index in [2.05, 4.69) is 25.5 Å². The van der Waals surface area contributed by atoms with Gasteiger partial charge < -0.3 is 11.1 Å². The zero-order valence-corrected chi connectivity index (χ0v) is 12.0. The summed E-state index contributed by atoms with van der Waals surface area (Å²) in [6.07, 6.45) is 4.66. The first-order chi connectivity index (χ1) is 11.1. The van der Waals surface area contributed by atoms with Crippen LogP contribution in [0.3, 0.4) is 0 Å². The maximum Gasteiger partial charge on any atom is 0.166 e. The summed E-state index contributed by atoms with van der Waals surface area (Å²) in [5.41, 5.74) is 7.41. The van der Waals surface area contributed by atoms with Crippen LogP contribution in [-0.4, -0.2) is 25.0 Å². The highest BCUT2D eigenvalue weighted by Crippen LogP contribution is 2.23. The molecule has 0 amide bonds. The molecule has 9 heteroatoms. The van der Waals surface area contributed by atoms with E-state index < -0.39 is 5.82 Å². The second-order valence-electron chi connectivity index (χ2n) is 4.64. The number of halogens is 1. The van der Waals surface area contributed by atoms with Gasteiger partial charge in [-0.1, -0.05) is 0 Å². The van der Waals surface area contributed by atoms with Crippen LogP contribution in [0.2, 0.25) is 0 Å². The van der Waals surface area contributed by atoms with Crippen LogP contribution in [0.5, 0.6) is 0 Å². The van der Waals surface area contributed by atoms with Crippen molar-refractivity contribution in [3.63, 3.8) is 0 Å². The van der Waals surface area contributed by atoms with Gasteiger partial charge >= 0.3 is 0 Å². The van der Waals surface area contributed by atoms with Gasteiger partial charge in [-0.2, -0.15) is 15.5 Å². The lowest BCUT2D eigenvalue weighted by molar-refractivity contribution is 0.627. The summed E-state index contributed by atoms with van der Waals surface area (Å²) in [5.74, 6) is -0.882. The summed E-state index contributed by atoms with van der Waals surface area (Å²) < 4.78 is 13.4. The van der Waals surface area contributed by atoms with Crippen LogP contribution in [0, 0.1) is 24.1 Å². The van der Waals surface area contributed by atoms with Gasteiger partial charge in [0.15, 0.2) is 17.5 Å². The van der Waals surface area contributed by atoms with Gasteiger partial charge in [0, 0.05) is 0 Å². The molecule has 0 aromatic carbocycles. The Kier molecular flexibility index (Phi) is 3.56. The van der Waals surface area contributed by atoms with E-state index in [1.807, 2.05) is 13.0 Å². The number of nitrogens with two attached hydrogens (primary N) is 1. The Hall–Kier alpha value is -3.54. The molecule has 0 atom stereocenters. The van der Waals surface area contributed by atoms with Crippen molar-refractivity contribution in [2.75, 3.05) is 11.1 Å². The maximum absolute atomic E-state index is 13.4. The molecule has 0 aliphatic carbocycles. The topological polar surface area (TPSA) is 118 Å². The molecule has 114 valence electrons. The fourth-order valence-corrected chi connectivity index (χ4v) is 1.95. The van der Waals surface area contributed by atoms with E-state index in [9.17, 15) is 4.39 Å². The van der Waals surface area contributed by atoms with E-state index in [0.29, 0.717) is 11.4 Å². The Bertz CT molecular complexity index is 898. The van der Waals surface area contributed by atoms with E-state index in [4.69, 9.17) is 11.0 Å². The van der Waals surface area contributed by atoms with Crippen molar-refractivity contribution in [1.82, 2.24) is 25.0 Å².